The third-order valence-corrected chi connectivity index (χ3v) is 3.85. The Morgan fingerprint density at radius 1 is 1.20 bits per heavy atom. The Morgan fingerprint density at radius 2 is 1.95 bits per heavy atom. The standard InChI is InChI=1S/C17H25N3/c1-6-15-17(16(7-2)20(5)19-15)14-9-8-13(11-18-4)10-12(14)3/h8-10,18H,6-7,11H2,1-5H3. The minimum Gasteiger partial charge on any atom is -0.316 e. The van der Waals surface area contributed by atoms with Gasteiger partial charge in [-0.15, -0.1) is 0 Å². The van der Waals surface area contributed by atoms with E-state index in [2.05, 4.69) is 49.4 Å². The SMILES string of the molecule is CCc1nn(C)c(CC)c1-c1ccc(CNC)cc1C. The maximum Gasteiger partial charge on any atom is 0.0703 e. The summed E-state index contributed by atoms with van der Waals surface area (Å²) in [4.78, 5) is 0. The molecule has 1 aromatic carbocycles. The van der Waals surface area contributed by atoms with Crippen LogP contribution in [0.15, 0.2) is 18.2 Å². The molecule has 0 bridgehead atoms. The molecule has 20 heavy (non-hydrogen) atoms. The monoisotopic (exact) mass is 271 g/mol. The van der Waals surface area contributed by atoms with Crippen molar-refractivity contribution in [1.29, 1.82) is 0 Å². The number of nitrogens with zero attached hydrogens (tertiary/aromatic N) is 2. The van der Waals surface area contributed by atoms with Gasteiger partial charge in [-0.2, -0.15) is 5.10 Å². The van der Waals surface area contributed by atoms with Crippen LogP contribution in [-0.2, 0) is 26.4 Å². The fourth-order valence-electron chi connectivity index (χ4n) is 2.90. The van der Waals surface area contributed by atoms with E-state index in [4.69, 9.17) is 0 Å². The van der Waals surface area contributed by atoms with Crippen molar-refractivity contribution in [3.8, 4) is 11.1 Å². The largest absolute Gasteiger partial charge is 0.316 e. The maximum absolute atomic E-state index is 4.68. The lowest BCUT2D eigenvalue weighted by atomic mass is 9.95. The molecule has 0 amide bonds. The molecular weight excluding hydrogens is 246 g/mol. The molecule has 0 radical (unpaired) electrons. The smallest absolute Gasteiger partial charge is 0.0703 e. The summed E-state index contributed by atoms with van der Waals surface area (Å²) in [7, 11) is 4.03. The van der Waals surface area contributed by atoms with Crippen molar-refractivity contribution in [2.24, 2.45) is 7.05 Å². The van der Waals surface area contributed by atoms with Crippen molar-refractivity contribution in [1.82, 2.24) is 15.1 Å². The van der Waals surface area contributed by atoms with Gasteiger partial charge in [0.25, 0.3) is 0 Å². The molecular formula is C17H25N3. The summed E-state index contributed by atoms with van der Waals surface area (Å²) in [6.07, 6.45) is 1.98. The number of hydrogen-bond donors (Lipinski definition) is 1. The van der Waals surface area contributed by atoms with Gasteiger partial charge in [-0.1, -0.05) is 32.0 Å². The summed E-state index contributed by atoms with van der Waals surface area (Å²) in [6, 6.07) is 6.74. The van der Waals surface area contributed by atoms with Crippen LogP contribution in [0.3, 0.4) is 0 Å². The predicted octanol–water partition coefficient (Wildman–Crippen LogP) is 3.24. The van der Waals surface area contributed by atoms with Crippen molar-refractivity contribution in [2.75, 3.05) is 7.05 Å². The Labute approximate surface area is 122 Å². The zero-order valence-electron chi connectivity index (χ0n) is 13.2. The second kappa shape index (κ2) is 6.23. The van der Waals surface area contributed by atoms with E-state index in [9.17, 15) is 0 Å². The zero-order chi connectivity index (χ0) is 14.7. The van der Waals surface area contributed by atoms with E-state index in [-0.39, 0.29) is 0 Å². The van der Waals surface area contributed by atoms with Crippen molar-refractivity contribution in [3.63, 3.8) is 0 Å². The third-order valence-electron chi connectivity index (χ3n) is 3.85. The number of rotatable bonds is 5. The highest BCUT2D eigenvalue weighted by Gasteiger charge is 2.17. The molecule has 2 aromatic rings. The van der Waals surface area contributed by atoms with E-state index in [0.717, 1.165) is 19.4 Å². The Bertz CT molecular complexity index is 597. The summed E-state index contributed by atoms with van der Waals surface area (Å²) in [5, 5.41) is 7.88. The molecule has 1 aromatic heterocycles. The Kier molecular flexibility index (Phi) is 4.61. The average Bonchev–Trinajstić information content (AvgIpc) is 2.75. The second-order valence-corrected chi connectivity index (χ2v) is 5.28. The lowest BCUT2D eigenvalue weighted by Crippen LogP contribution is -2.05. The molecule has 2 rings (SSSR count). The first kappa shape index (κ1) is 14.8. The summed E-state index contributed by atoms with van der Waals surface area (Å²) in [6.45, 7) is 7.48. The molecule has 0 saturated heterocycles. The summed E-state index contributed by atoms with van der Waals surface area (Å²) in [5.74, 6) is 0. The van der Waals surface area contributed by atoms with Crippen LogP contribution in [0.2, 0.25) is 0 Å². The van der Waals surface area contributed by atoms with Gasteiger partial charge in [0, 0.05) is 24.8 Å². The summed E-state index contributed by atoms with van der Waals surface area (Å²) in [5.41, 5.74) is 7.85. The van der Waals surface area contributed by atoms with Gasteiger partial charge < -0.3 is 5.32 Å². The van der Waals surface area contributed by atoms with Crippen LogP contribution in [0, 0.1) is 6.92 Å². The highest BCUT2D eigenvalue weighted by atomic mass is 15.3. The number of nitrogens with one attached hydrogen (secondary N) is 1. The maximum atomic E-state index is 4.68. The van der Waals surface area contributed by atoms with E-state index in [1.54, 1.807) is 0 Å². The highest BCUT2D eigenvalue weighted by Crippen LogP contribution is 2.31. The van der Waals surface area contributed by atoms with Crippen LogP contribution in [0.4, 0.5) is 0 Å². The summed E-state index contributed by atoms with van der Waals surface area (Å²) < 4.78 is 2.04. The minimum absolute atomic E-state index is 0.912. The number of aryl methyl sites for hydroxylation is 3. The van der Waals surface area contributed by atoms with Gasteiger partial charge in [-0.05, 0) is 43.5 Å². The molecule has 0 aliphatic carbocycles. The van der Waals surface area contributed by atoms with Crippen LogP contribution in [-0.4, -0.2) is 16.8 Å². The first-order valence-electron chi connectivity index (χ1n) is 7.41. The minimum atomic E-state index is 0.912. The van der Waals surface area contributed by atoms with Gasteiger partial charge in [0.1, 0.15) is 0 Å². The normalized spacial score (nSPS) is 11.1. The lowest BCUT2D eigenvalue weighted by Gasteiger charge is -2.11. The molecule has 0 saturated carbocycles. The molecule has 108 valence electrons. The van der Waals surface area contributed by atoms with Crippen molar-refractivity contribution >= 4 is 0 Å². The quantitative estimate of drug-likeness (QED) is 0.904. The number of hydrogen-bond acceptors (Lipinski definition) is 2. The van der Waals surface area contributed by atoms with Crippen LogP contribution in [0.5, 0.6) is 0 Å². The molecule has 0 atom stereocenters. The molecule has 0 unspecified atom stereocenters. The summed E-state index contributed by atoms with van der Waals surface area (Å²) >= 11 is 0. The van der Waals surface area contributed by atoms with Crippen LogP contribution in [0.25, 0.3) is 11.1 Å². The molecule has 0 spiro atoms. The van der Waals surface area contributed by atoms with Gasteiger partial charge in [-0.25, -0.2) is 0 Å². The Morgan fingerprint density at radius 3 is 2.50 bits per heavy atom. The first-order chi connectivity index (χ1) is 9.62. The third kappa shape index (κ3) is 2.63. The molecule has 3 nitrogen and oxygen atoms in total. The van der Waals surface area contributed by atoms with Gasteiger partial charge in [0.2, 0.25) is 0 Å². The molecule has 1 heterocycles. The molecule has 3 heteroatoms. The van der Waals surface area contributed by atoms with E-state index in [1.165, 1.54) is 33.6 Å². The van der Waals surface area contributed by atoms with Crippen LogP contribution < -0.4 is 5.32 Å². The average molecular weight is 271 g/mol. The lowest BCUT2D eigenvalue weighted by molar-refractivity contribution is 0.705. The molecule has 0 aliphatic rings. The van der Waals surface area contributed by atoms with Crippen molar-refractivity contribution < 1.29 is 0 Å². The molecule has 0 fully saturated rings. The van der Waals surface area contributed by atoms with Crippen molar-refractivity contribution in [2.45, 2.75) is 40.2 Å². The first-order valence-corrected chi connectivity index (χ1v) is 7.41. The van der Waals surface area contributed by atoms with Gasteiger partial charge in [0.15, 0.2) is 0 Å². The molecule has 0 aliphatic heterocycles. The van der Waals surface area contributed by atoms with Crippen molar-refractivity contribution in [3.05, 3.63) is 40.7 Å². The van der Waals surface area contributed by atoms with E-state index >= 15 is 0 Å². The topological polar surface area (TPSA) is 29.9 Å². The van der Waals surface area contributed by atoms with Gasteiger partial charge >= 0.3 is 0 Å². The van der Waals surface area contributed by atoms with Crippen LogP contribution in [0.1, 0.15) is 36.4 Å². The highest BCUT2D eigenvalue weighted by molar-refractivity contribution is 5.72. The Balaban J connectivity index is 2.56. The second-order valence-electron chi connectivity index (χ2n) is 5.28. The van der Waals surface area contributed by atoms with E-state index in [0.29, 0.717) is 0 Å². The zero-order valence-corrected chi connectivity index (χ0v) is 13.2. The molecule has 1 N–H and O–H groups in total. The van der Waals surface area contributed by atoms with E-state index in [1.807, 2.05) is 18.8 Å². The fraction of sp³-hybridized carbons (Fsp3) is 0.471. The number of aromatic nitrogens is 2. The Hall–Kier alpha value is -1.61. The number of benzene rings is 1. The van der Waals surface area contributed by atoms with Gasteiger partial charge in [-0.3, -0.25) is 4.68 Å². The van der Waals surface area contributed by atoms with Gasteiger partial charge in [0.05, 0.1) is 5.69 Å². The predicted molar refractivity (Wildman–Crippen MR) is 84.9 cm³/mol. The van der Waals surface area contributed by atoms with E-state index < -0.39 is 0 Å². The van der Waals surface area contributed by atoms with Crippen LogP contribution >= 0.6 is 0 Å². The fourth-order valence-corrected chi connectivity index (χ4v) is 2.90.